The van der Waals surface area contributed by atoms with Crippen molar-refractivity contribution in [3.63, 3.8) is 0 Å². The highest BCUT2D eigenvalue weighted by Gasteiger charge is 2.64. The Hall–Kier alpha value is -0.540. The third-order valence-corrected chi connectivity index (χ3v) is 4.66. The highest BCUT2D eigenvalue weighted by molar-refractivity contribution is 9.10. The third-order valence-electron chi connectivity index (χ3n) is 4.17. The summed E-state index contributed by atoms with van der Waals surface area (Å²) in [6.45, 7) is 0. The summed E-state index contributed by atoms with van der Waals surface area (Å²) in [6.07, 6.45) is 4.72. The van der Waals surface area contributed by atoms with Gasteiger partial charge in [0, 0.05) is 21.0 Å². The standard InChI is InChI=1S/C13H16BrNO/c1-16-11-3-2-9(14)8-10(11)12(4-5-12)13(15)6-7-13/h2-3,8H,4-7,15H2,1H3. The average molecular weight is 282 g/mol. The number of nitrogens with two attached hydrogens (primary N) is 1. The Bertz CT molecular complexity index is 436. The van der Waals surface area contributed by atoms with Crippen LogP contribution in [0.3, 0.4) is 0 Å². The molecule has 2 aliphatic rings. The molecule has 2 aliphatic carbocycles. The molecular weight excluding hydrogens is 266 g/mol. The molecule has 0 unspecified atom stereocenters. The molecule has 0 atom stereocenters. The molecule has 1 aromatic carbocycles. The second-order valence-corrected chi connectivity index (χ2v) is 6.00. The van der Waals surface area contributed by atoms with E-state index >= 15 is 0 Å². The number of benzene rings is 1. The fraction of sp³-hybridized carbons (Fsp3) is 0.538. The smallest absolute Gasteiger partial charge is 0.122 e. The van der Waals surface area contributed by atoms with Crippen LogP contribution in [-0.4, -0.2) is 12.6 Å². The predicted molar refractivity (Wildman–Crippen MR) is 67.8 cm³/mol. The largest absolute Gasteiger partial charge is 0.496 e. The summed E-state index contributed by atoms with van der Waals surface area (Å²) in [5.41, 5.74) is 7.96. The van der Waals surface area contributed by atoms with Crippen LogP contribution in [0.15, 0.2) is 22.7 Å². The molecule has 2 N–H and O–H groups in total. The molecule has 86 valence electrons. The van der Waals surface area contributed by atoms with E-state index in [1.807, 2.05) is 12.1 Å². The number of hydrogen-bond acceptors (Lipinski definition) is 2. The lowest BCUT2D eigenvalue weighted by atomic mass is 9.85. The summed E-state index contributed by atoms with van der Waals surface area (Å²) in [5, 5.41) is 0. The molecule has 1 aromatic rings. The van der Waals surface area contributed by atoms with Crippen LogP contribution in [0.1, 0.15) is 31.2 Å². The number of methoxy groups -OCH3 is 1. The average Bonchev–Trinajstić information content (AvgIpc) is 3.13. The van der Waals surface area contributed by atoms with Gasteiger partial charge >= 0.3 is 0 Å². The zero-order chi connectivity index (χ0) is 11.4. The van der Waals surface area contributed by atoms with E-state index in [-0.39, 0.29) is 11.0 Å². The first-order valence-electron chi connectivity index (χ1n) is 5.74. The van der Waals surface area contributed by atoms with E-state index in [1.54, 1.807) is 7.11 Å². The van der Waals surface area contributed by atoms with Crippen molar-refractivity contribution in [2.24, 2.45) is 5.73 Å². The lowest BCUT2D eigenvalue weighted by molar-refractivity contribution is 0.393. The molecule has 0 radical (unpaired) electrons. The van der Waals surface area contributed by atoms with Gasteiger partial charge in [0.25, 0.3) is 0 Å². The van der Waals surface area contributed by atoms with E-state index in [0.29, 0.717) is 0 Å². The highest BCUT2D eigenvalue weighted by atomic mass is 79.9. The molecule has 2 nitrogen and oxygen atoms in total. The van der Waals surface area contributed by atoms with Crippen LogP contribution in [0, 0.1) is 0 Å². The zero-order valence-electron chi connectivity index (χ0n) is 9.42. The van der Waals surface area contributed by atoms with Crippen LogP contribution >= 0.6 is 15.9 Å². The maximum Gasteiger partial charge on any atom is 0.122 e. The lowest BCUT2D eigenvalue weighted by Gasteiger charge is -2.25. The van der Waals surface area contributed by atoms with Crippen LogP contribution < -0.4 is 10.5 Å². The zero-order valence-corrected chi connectivity index (χ0v) is 11.0. The molecule has 0 aromatic heterocycles. The second-order valence-electron chi connectivity index (χ2n) is 5.08. The summed E-state index contributed by atoms with van der Waals surface area (Å²) < 4.78 is 6.58. The Morgan fingerprint density at radius 2 is 1.94 bits per heavy atom. The SMILES string of the molecule is COc1ccc(Br)cc1C1(C2(N)CC2)CC1. The van der Waals surface area contributed by atoms with Crippen LogP contribution in [0.25, 0.3) is 0 Å². The van der Waals surface area contributed by atoms with Crippen molar-refractivity contribution in [1.82, 2.24) is 0 Å². The lowest BCUT2D eigenvalue weighted by Crippen LogP contribution is -2.37. The van der Waals surface area contributed by atoms with Gasteiger partial charge in [0.1, 0.15) is 5.75 Å². The minimum absolute atomic E-state index is 0.0427. The fourth-order valence-corrected chi connectivity index (χ4v) is 3.19. The second kappa shape index (κ2) is 3.23. The molecular formula is C13H16BrNO. The first-order valence-corrected chi connectivity index (χ1v) is 6.54. The van der Waals surface area contributed by atoms with E-state index in [9.17, 15) is 0 Å². The number of ether oxygens (including phenoxy) is 1. The van der Waals surface area contributed by atoms with Crippen molar-refractivity contribution in [3.05, 3.63) is 28.2 Å². The van der Waals surface area contributed by atoms with E-state index in [4.69, 9.17) is 10.5 Å². The predicted octanol–water partition coefficient (Wildman–Crippen LogP) is 2.98. The summed E-state index contributed by atoms with van der Waals surface area (Å²) in [6, 6.07) is 6.23. The molecule has 16 heavy (non-hydrogen) atoms. The highest BCUT2D eigenvalue weighted by Crippen LogP contribution is 2.65. The van der Waals surface area contributed by atoms with Gasteiger partial charge in [-0.2, -0.15) is 0 Å². The molecule has 3 rings (SSSR count). The number of rotatable bonds is 3. The van der Waals surface area contributed by atoms with Crippen molar-refractivity contribution in [2.45, 2.75) is 36.6 Å². The Morgan fingerprint density at radius 3 is 2.44 bits per heavy atom. The molecule has 0 heterocycles. The topological polar surface area (TPSA) is 35.2 Å². The molecule has 0 amide bonds. The van der Waals surface area contributed by atoms with Crippen molar-refractivity contribution >= 4 is 15.9 Å². The van der Waals surface area contributed by atoms with Gasteiger partial charge in [-0.05, 0) is 43.9 Å². The minimum atomic E-state index is 0.0427. The summed E-state index contributed by atoms with van der Waals surface area (Å²) >= 11 is 3.54. The molecule has 0 bridgehead atoms. The Labute approximate surface area is 104 Å². The van der Waals surface area contributed by atoms with E-state index in [1.165, 1.54) is 18.4 Å². The van der Waals surface area contributed by atoms with Gasteiger partial charge in [0.2, 0.25) is 0 Å². The van der Waals surface area contributed by atoms with Gasteiger partial charge in [-0.3, -0.25) is 0 Å². The fourth-order valence-electron chi connectivity index (χ4n) is 2.83. The van der Waals surface area contributed by atoms with E-state index < -0.39 is 0 Å². The van der Waals surface area contributed by atoms with Gasteiger partial charge < -0.3 is 10.5 Å². The Balaban J connectivity index is 2.09. The van der Waals surface area contributed by atoms with Crippen LogP contribution in [0.5, 0.6) is 5.75 Å². The first kappa shape index (κ1) is 10.6. The number of halogens is 1. The maximum atomic E-state index is 6.42. The molecule has 2 saturated carbocycles. The van der Waals surface area contributed by atoms with Crippen molar-refractivity contribution in [1.29, 1.82) is 0 Å². The van der Waals surface area contributed by atoms with E-state index in [0.717, 1.165) is 23.1 Å². The van der Waals surface area contributed by atoms with Gasteiger partial charge in [0.15, 0.2) is 0 Å². The molecule has 0 spiro atoms. The molecule has 3 heteroatoms. The summed E-state index contributed by atoms with van der Waals surface area (Å²) in [7, 11) is 1.74. The van der Waals surface area contributed by atoms with Crippen LogP contribution in [0.4, 0.5) is 0 Å². The molecule has 0 aliphatic heterocycles. The Morgan fingerprint density at radius 1 is 1.25 bits per heavy atom. The van der Waals surface area contributed by atoms with Crippen molar-refractivity contribution < 1.29 is 4.74 Å². The quantitative estimate of drug-likeness (QED) is 0.925. The van der Waals surface area contributed by atoms with Gasteiger partial charge in [0.05, 0.1) is 7.11 Å². The van der Waals surface area contributed by atoms with Crippen molar-refractivity contribution in [2.75, 3.05) is 7.11 Å². The normalized spacial score (nSPS) is 23.9. The minimum Gasteiger partial charge on any atom is -0.496 e. The van der Waals surface area contributed by atoms with E-state index in [2.05, 4.69) is 22.0 Å². The molecule has 0 saturated heterocycles. The van der Waals surface area contributed by atoms with Crippen molar-refractivity contribution in [3.8, 4) is 5.75 Å². The van der Waals surface area contributed by atoms with Crippen LogP contribution in [0.2, 0.25) is 0 Å². The molecule has 2 fully saturated rings. The maximum absolute atomic E-state index is 6.42. The van der Waals surface area contributed by atoms with Gasteiger partial charge in [-0.25, -0.2) is 0 Å². The van der Waals surface area contributed by atoms with Gasteiger partial charge in [-0.1, -0.05) is 15.9 Å². The van der Waals surface area contributed by atoms with Gasteiger partial charge in [-0.15, -0.1) is 0 Å². The third kappa shape index (κ3) is 1.34. The Kier molecular flexibility index (Phi) is 2.14. The summed E-state index contributed by atoms with van der Waals surface area (Å²) in [5.74, 6) is 0.984. The summed E-state index contributed by atoms with van der Waals surface area (Å²) in [4.78, 5) is 0. The monoisotopic (exact) mass is 281 g/mol. The van der Waals surface area contributed by atoms with Crippen LogP contribution in [-0.2, 0) is 5.41 Å². The number of hydrogen-bond donors (Lipinski definition) is 1. The first-order chi connectivity index (χ1) is 7.61.